The van der Waals surface area contributed by atoms with E-state index in [0.29, 0.717) is 24.1 Å². The molecule has 1 atom stereocenters. The number of hydrogen-bond donors (Lipinski definition) is 2. The second-order valence-electron chi connectivity index (χ2n) is 6.71. The minimum Gasteiger partial charge on any atom is -0.490 e. The summed E-state index contributed by atoms with van der Waals surface area (Å²) < 4.78 is 16.9. The van der Waals surface area contributed by atoms with Gasteiger partial charge in [-0.15, -0.1) is 0 Å². The maximum Gasteiger partial charge on any atom is 0.262 e. The van der Waals surface area contributed by atoms with E-state index in [4.69, 9.17) is 14.2 Å². The van der Waals surface area contributed by atoms with E-state index in [-0.39, 0.29) is 12.5 Å². The molecule has 0 saturated carbocycles. The van der Waals surface area contributed by atoms with E-state index in [0.717, 1.165) is 43.9 Å². The van der Waals surface area contributed by atoms with Gasteiger partial charge in [0.05, 0.1) is 13.2 Å². The number of carbonyl (C=O) groups excluding carboxylic acids is 1. The first kappa shape index (κ1) is 20.2. The van der Waals surface area contributed by atoms with Crippen molar-refractivity contribution in [2.45, 2.75) is 32.4 Å². The molecule has 1 fully saturated rings. The summed E-state index contributed by atoms with van der Waals surface area (Å²) in [7, 11) is 0. The van der Waals surface area contributed by atoms with Crippen LogP contribution in [0.1, 0.15) is 25.3 Å². The van der Waals surface area contributed by atoms with Crippen molar-refractivity contribution in [3.8, 4) is 11.5 Å². The Bertz CT molecular complexity index is 745. The maximum absolute atomic E-state index is 12.1. The van der Waals surface area contributed by atoms with Crippen LogP contribution in [0.5, 0.6) is 11.5 Å². The number of ether oxygens (including phenoxy) is 3. The fourth-order valence-corrected chi connectivity index (χ4v) is 3.08. The van der Waals surface area contributed by atoms with E-state index in [1.54, 1.807) is 0 Å². The SMILES string of the molecule is CCOc1cc(CNC2CCCOC2)ccc1OCC(=O)Nc1ccccc1. The third kappa shape index (κ3) is 6.25. The Hall–Kier alpha value is -2.57. The van der Waals surface area contributed by atoms with Crippen LogP contribution in [0.3, 0.4) is 0 Å². The lowest BCUT2D eigenvalue weighted by atomic mass is 10.1. The molecule has 0 bridgehead atoms. The van der Waals surface area contributed by atoms with Crippen LogP contribution in [-0.4, -0.2) is 38.4 Å². The maximum atomic E-state index is 12.1. The number of para-hydroxylation sites is 1. The summed E-state index contributed by atoms with van der Waals surface area (Å²) in [4.78, 5) is 12.1. The third-order valence-electron chi connectivity index (χ3n) is 4.48. The Morgan fingerprint density at radius 3 is 2.75 bits per heavy atom. The molecule has 1 aliphatic rings. The molecule has 3 rings (SSSR count). The first-order valence-electron chi connectivity index (χ1n) is 9.79. The average Bonchev–Trinajstić information content (AvgIpc) is 2.73. The zero-order valence-electron chi connectivity index (χ0n) is 16.3. The normalized spacial score (nSPS) is 16.4. The van der Waals surface area contributed by atoms with Crippen LogP contribution in [0.4, 0.5) is 5.69 Å². The van der Waals surface area contributed by atoms with Crippen LogP contribution >= 0.6 is 0 Å². The highest BCUT2D eigenvalue weighted by molar-refractivity contribution is 5.91. The number of anilines is 1. The van der Waals surface area contributed by atoms with Gasteiger partial charge < -0.3 is 24.8 Å². The molecule has 2 aromatic rings. The van der Waals surface area contributed by atoms with E-state index < -0.39 is 0 Å². The van der Waals surface area contributed by atoms with Gasteiger partial charge in [0.2, 0.25) is 0 Å². The molecule has 1 unspecified atom stereocenters. The Morgan fingerprint density at radius 2 is 2.00 bits per heavy atom. The first-order valence-corrected chi connectivity index (χ1v) is 9.79. The van der Waals surface area contributed by atoms with Crippen molar-refractivity contribution in [2.24, 2.45) is 0 Å². The van der Waals surface area contributed by atoms with Crippen LogP contribution in [0, 0.1) is 0 Å². The van der Waals surface area contributed by atoms with Gasteiger partial charge in [-0.25, -0.2) is 0 Å². The molecular weight excluding hydrogens is 356 g/mol. The molecule has 0 aliphatic carbocycles. The standard InChI is InChI=1S/C22H28N2O4/c1-2-27-21-13-17(14-23-19-9-6-12-26-15-19)10-11-20(21)28-16-22(25)24-18-7-4-3-5-8-18/h3-5,7-8,10-11,13,19,23H,2,6,9,12,14-16H2,1H3,(H,24,25). The fraction of sp³-hybridized carbons (Fsp3) is 0.409. The summed E-state index contributed by atoms with van der Waals surface area (Å²) in [6, 6.07) is 15.5. The first-order chi connectivity index (χ1) is 13.7. The van der Waals surface area contributed by atoms with E-state index in [1.807, 2.05) is 55.5 Å². The fourth-order valence-electron chi connectivity index (χ4n) is 3.08. The molecule has 1 saturated heterocycles. The summed E-state index contributed by atoms with van der Waals surface area (Å²) in [5, 5.41) is 6.32. The van der Waals surface area contributed by atoms with Crippen molar-refractivity contribution in [1.82, 2.24) is 5.32 Å². The Labute approximate surface area is 166 Å². The summed E-state index contributed by atoms with van der Waals surface area (Å²) in [5.41, 5.74) is 1.85. The Balaban J connectivity index is 1.55. The summed E-state index contributed by atoms with van der Waals surface area (Å²) in [6.07, 6.45) is 2.23. The zero-order chi connectivity index (χ0) is 19.6. The predicted octanol–water partition coefficient (Wildman–Crippen LogP) is 3.37. The van der Waals surface area contributed by atoms with Crippen LogP contribution in [0.15, 0.2) is 48.5 Å². The van der Waals surface area contributed by atoms with Crippen LogP contribution in [0.25, 0.3) is 0 Å². The second kappa shape index (κ2) is 10.7. The van der Waals surface area contributed by atoms with Gasteiger partial charge >= 0.3 is 0 Å². The number of nitrogens with one attached hydrogen (secondary N) is 2. The number of carbonyl (C=O) groups is 1. The van der Waals surface area contributed by atoms with Crippen molar-refractivity contribution in [1.29, 1.82) is 0 Å². The van der Waals surface area contributed by atoms with Gasteiger partial charge in [-0.1, -0.05) is 24.3 Å². The van der Waals surface area contributed by atoms with Crippen molar-refractivity contribution in [3.05, 3.63) is 54.1 Å². The van der Waals surface area contributed by atoms with Crippen molar-refractivity contribution < 1.29 is 19.0 Å². The van der Waals surface area contributed by atoms with Gasteiger partial charge in [0.25, 0.3) is 5.91 Å². The minimum atomic E-state index is -0.211. The van der Waals surface area contributed by atoms with Crippen LogP contribution in [0.2, 0.25) is 0 Å². The molecule has 1 amide bonds. The highest BCUT2D eigenvalue weighted by atomic mass is 16.5. The number of amides is 1. The molecule has 1 heterocycles. The molecule has 2 aromatic carbocycles. The molecular formula is C22H28N2O4. The van der Waals surface area contributed by atoms with Crippen molar-refractivity contribution in [3.63, 3.8) is 0 Å². The third-order valence-corrected chi connectivity index (χ3v) is 4.48. The zero-order valence-corrected chi connectivity index (χ0v) is 16.3. The number of rotatable bonds is 9. The lowest BCUT2D eigenvalue weighted by molar-refractivity contribution is -0.118. The van der Waals surface area contributed by atoms with E-state index >= 15 is 0 Å². The summed E-state index contributed by atoms with van der Waals surface area (Å²) in [5.74, 6) is 1.00. The van der Waals surface area contributed by atoms with Gasteiger partial charge in [0.15, 0.2) is 18.1 Å². The van der Waals surface area contributed by atoms with Gasteiger partial charge in [-0.2, -0.15) is 0 Å². The monoisotopic (exact) mass is 384 g/mol. The smallest absolute Gasteiger partial charge is 0.262 e. The lowest BCUT2D eigenvalue weighted by Gasteiger charge is -2.23. The highest BCUT2D eigenvalue weighted by Crippen LogP contribution is 2.28. The quantitative estimate of drug-likeness (QED) is 0.694. The molecule has 0 aromatic heterocycles. The molecule has 6 heteroatoms. The molecule has 150 valence electrons. The molecule has 0 spiro atoms. The van der Waals surface area contributed by atoms with Gasteiger partial charge in [-0.05, 0) is 49.6 Å². The molecule has 1 aliphatic heterocycles. The predicted molar refractivity (Wildman–Crippen MR) is 109 cm³/mol. The second-order valence-corrected chi connectivity index (χ2v) is 6.71. The molecule has 2 N–H and O–H groups in total. The summed E-state index contributed by atoms with van der Waals surface area (Å²) in [6.45, 7) is 4.73. The lowest BCUT2D eigenvalue weighted by Crippen LogP contribution is -2.36. The van der Waals surface area contributed by atoms with Crippen LogP contribution < -0.4 is 20.1 Å². The molecule has 6 nitrogen and oxygen atoms in total. The average molecular weight is 384 g/mol. The van der Waals surface area contributed by atoms with E-state index in [9.17, 15) is 4.79 Å². The van der Waals surface area contributed by atoms with Gasteiger partial charge in [-0.3, -0.25) is 4.79 Å². The van der Waals surface area contributed by atoms with E-state index in [2.05, 4.69) is 10.6 Å². The Kier molecular flexibility index (Phi) is 7.70. The Morgan fingerprint density at radius 1 is 1.14 bits per heavy atom. The summed E-state index contributed by atoms with van der Waals surface area (Å²) >= 11 is 0. The molecule has 28 heavy (non-hydrogen) atoms. The largest absolute Gasteiger partial charge is 0.490 e. The van der Waals surface area contributed by atoms with Gasteiger partial charge in [0.1, 0.15) is 0 Å². The number of hydrogen-bond acceptors (Lipinski definition) is 5. The van der Waals surface area contributed by atoms with E-state index in [1.165, 1.54) is 0 Å². The van der Waals surface area contributed by atoms with Crippen molar-refractivity contribution >= 4 is 11.6 Å². The minimum absolute atomic E-state index is 0.0774. The highest BCUT2D eigenvalue weighted by Gasteiger charge is 2.14. The number of benzene rings is 2. The van der Waals surface area contributed by atoms with Gasteiger partial charge in [0, 0.05) is 24.9 Å². The van der Waals surface area contributed by atoms with Crippen molar-refractivity contribution in [2.75, 3.05) is 31.7 Å². The molecule has 0 radical (unpaired) electrons. The topological polar surface area (TPSA) is 68.8 Å². The van der Waals surface area contributed by atoms with Crippen LogP contribution in [-0.2, 0) is 16.1 Å².